The number of aromatic nitrogens is 1. The zero-order valence-electron chi connectivity index (χ0n) is 15.0. The van der Waals surface area contributed by atoms with Gasteiger partial charge in [0.15, 0.2) is 11.3 Å². The minimum atomic E-state index is -1.41. The molecular weight excluding hydrogens is 375 g/mol. The summed E-state index contributed by atoms with van der Waals surface area (Å²) in [7, 11) is 1.95. The number of Topliss-reactive ketones (excluding diaryl/α,β-unsaturated/α-hetero) is 1. The Balaban J connectivity index is 1.95. The van der Waals surface area contributed by atoms with E-state index >= 15 is 0 Å². The summed E-state index contributed by atoms with van der Waals surface area (Å²) in [6.07, 6.45) is 1.25. The van der Waals surface area contributed by atoms with Gasteiger partial charge in [-0.1, -0.05) is 6.07 Å². The number of benzene rings is 1. The molecule has 0 bridgehead atoms. The summed E-state index contributed by atoms with van der Waals surface area (Å²) in [5.41, 5.74) is -1.50. The molecule has 1 saturated heterocycles. The SMILES string of the molecule is CN1CCC(C(=O)c2cccc(=NC(=O)c3c(F)cc(F)cc3F)n2O)CC1. The van der Waals surface area contributed by atoms with Crippen LogP contribution < -0.4 is 5.49 Å². The molecule has 3 rings (SSSR count). The van der Waals surface area contributed by atoms with E-state index in [1.165, 1.54) is 18.2 Å². The van der Waals surface area contributed by atoms with Crippen LogP contribution >= 0.6 is 0 Å². The van der Waals surface area contributed by atoms with E-state index in [1.807, 2.05) is 7.05 Å². The van der Waals surface area contributed by atoms with Gasteiger partial charge < -0.3 is 10.1 Å². The van der Waals surface area contributed by atoms with Gasteiger partial charge in [-0.2, -0.15) is 9.72 Å². The second kappa shape index (κ2) is 7.97. The topological polar surface area (TPSA) is 74.9 Å². The molecule has 28 heavy (non-hydrogen) atoms. The zero-order valence-corrected chi connectivity index (χ0v) is 15.0. The van der Waals surface area contributed by atoms with Gasteiger partial charge in [-0.3, -0.25) is 9.59 Å². The number of likely N-dealkylation sites (tertiary alicyclic amines) is 1. The van der Waals surface area contributed by atoms with Crippen LogP contribution in [0.4, 0.5) is 13.2 Å². The summed E-state index contributed by atoms with van der Waals surface area (Å²) in [6.45, 7) is 1.49. The largest absolute Gasteiger partial charge is 0.426 e. The fourth-order valence-corrected chi connectivity index (χ4v) is 3.15. The number of pyridine rings is 1. The van der Waals surface area contributed by atoms with Crippen LogP contribution in [-0.2, 0) is 0 Å². The molecule has 0 spiro atoms. The molecule has 0 radical (unpaired) electrons. The highest BCUT2D eigenvalue weighted by Gasteiger charge is 2.26. The minimum absolute atomic E-state index is 0.0800. The number of carbonyl (C=O) groups excluding carboxylic acids is 2. The van der Waals surface area contributed by atoms with E-state index in [-0.39, 0.29) is 22.9 Å². The van der Waals surface area contributed by atoms with Crippen LogP contribution in [-0.4, -0.2) is 46.7 Å². The lowest BCUT2D eigenvalue weighted by Gasteiger charge is -2.28. The first kappa shape index (κ1) is 19.8. The molecule has 1 N–H and O–H groups in total. The number of rotatable bonds is 3. The van der Waals surface area contributed by atoms with E-state index in [1.54, 1.807) is 0 Å². The van der Waals surface area contributed by atoms with Gasteiger partial charge in [0.2, 0.25) is 0 Å². The lowest BCUT2D eigenvalue weighted by Crippen LogP contribution is -2.35. The van der Waals surface area contributed by atoms with Crippen LogP contribution in [0.25, 0.3) is 0 Å². The van der Waals surface area contributed by atoms with Crippen molar-refractivity contribution in [2.24, 2.45) is 10.9 Å². The van der Waals surface area contributed by atoms with Crippen molar-refractivity contribution < 1.29 is 28.0 Å². The molecule has 2 heterocycles. The Labute approximate surface area is 158 Å². The molecular formula is C19H18F3N3O3. The molecule has 148 valence electrons. The Bertz CT molecular complexity index is 972. The number of amides is 1. The highest BCUT2D eigenvalue weighted by Crippen LogP contribution is 2.20. The van der Waals surface area contributed by atoms with Crippen LogP contribution in [0.2, 0.25) is 0 Å². The van der Waals surface area contributed by atoms with Gasteiger partial charge in [0.05, 0.1) is 0 Å². The molecule has 0 unspecified atom stereocenters. The van der Waals surface area contributed by atoms with Crippen LogP contribution in [0.1, 0.15) is 33.7 Å². The maximum Gasteiger partial charge on any atom is 0.285 e. The van der Waals surface area contributed by atoms with Gasteiger partial charge >= 0.3 is 0 Å². The van der Waals surface area contributed by atoms with Crippen molar-refractivity contribution in [3.05, 3.63) is 64.5 Å². The first-order chi connectivity index (χ1) is 13.3. The predicted molar refractivity (Wildman–Crippen MR) is 92.4 cm³/mol. The van der Waals surface area contributed by atoms with Crippen LogP contribution in [0, 0.1) is 23.4 Å². The number of halogens is 3. The van der Waals surface area contributed by atoms with Crippen molar-refractivity contribution in [1.29, 1.82) is 0 Å². The van der Waals surface area contributed by atoms with Gasteiger partial charge in [0, 0.05) is 18.1 Å². The first-order valence-corrected chi connectivity index (χ1v) is 8.65. The average molecular weight is 393 g/mol. The number of carbonyl (C=O) groups is 2. The highest BCUT2D eigenvalue weighted by molar-refractivity contribution is 5.97. The van der Waals surface area contributed by atoms with Crippen molar-refractivity contribution in [2.45, 2.75) is 12.8 Å². The normalized spacial score (nSPS) is 16.4. The summed E-state index contributed by atoms with van der Waals surface area (Å²) in [5, 5.41) is 10.3. The standard InChI is InChI=1S/C19H18F3N3O3/c1-24-7-5-11(6-8-24)18(26)15-3-2-4-16(25(15)28)23-19(27)17-13(21)9-12(20)10-14(17)22/h2-4,9-11,28H,5-8H2,1H3. The molecule has 2 aromatic rings. The van der Waals surface area contributed by atoms with Crippen LogP contribution in [0.5, 0.6) is 0 Å². The zero-order chi connectivity index (χ0) is 20.4. The minimum Gasteiger partial charge on any atom is -0.426 e. The van der Waals surface area contributed by atoms with Crippen molar-refractivity contribution in [3.8, 4) is 0 Å². The second-order valence-electron chi connectivity index (χ2n) is 6.68. The highest BCUT2D eigenvalue weighted by atomic mass is 19.1. The molecule has 1 amide bonds. The molecule has 0 aliphatic carbocycles. The summed E-state index contributed by atoms with van der Waals surface area (Å²) in [5.74, 6) is -5.92. The van der Waals surface area contributed by atoms with E-state index < -0.39 is 28.9 Å². The Hall–Kier alpha value is -2.94. The van der Waals surface area contributed by atoms with Crippen molar-refractivity contribution in [2.75, 3.05) is 20.1 Å². The van der Waals surface area contributed by atoms with Crippen LogP contribution in [0.15, 0.2) is 35.3 Å². The second-order valence-corrected chi connectivity index (χ2v) is 6.68. The maximum atomic E-state index is 13.8. The summed E-state index contributed by atoms with van der Waals surface area (Å²) in [4.78, 5) is 30.4. The van der Waals surface area contributed by atoms with E-state index in [2.05, 4.69) is 9.89 Å². The first-order valence-electron chi connectivity index (χ1n) is 8.65. The molecule has 1 aromatic carbocycles. The summed E-state index contributed by atoms with van der Waals surface area (Å²) >= 11 is 0. The van der Waals surface area contributed by atoms with Gasteiger partial charge in [-0.25, -0.2) is 13.2 Å². The quantitative estimate of drug-likeness (QED) is 0.642. The number of hydrogen-bond donors (Lipinski definition) is 1. The number of piperidine rings is 1. The monoisotopic (exact) mass is 393 g/mol. The van der Waals surface area contributed by atoms with Gasteiger partial charge in [-0.15, -0.1) is 0 Å². The third-order valence-electron chi connectivity index (χ3n) is 4.72. The molecule has 0 saturated carbocycles. The van der Waals surface area contributed by atoms with E-state index in [0.717, 1.165) is 13.1 Å². The third kappa shape index (κ3) is 3.99. The Morgan fingerprint density at radius 3 is 2.32 bits per heavy atom. The van der Waals surface area contributed by atoms with E-state index in [4.69, 9.17) is 0 Å². The molecule has 1 fully saturated rings. The Morgan fingerprint density at radius 2 is 1.71 bits per heavy atom. The van der Waals surface area contributed by atoms with E-state index in [0.29, 0.717) is 29.7 Å². The van der Waals surface area contributed by atoms with Gasteiger partial charge in [0.25, 0.3) is 5.91 Å². The Morgan fingerprint density at radius 1 is 1.11 bits per heavy atom. The Kier molecular flexibility index (Phi) is 5.64. The number of nitrogens with zero attached hydrogens (tertiary/aromatic N) is 3. The van der Waals surface area contributed by atoms with Gasteiger partial charge in [0.1, 0.15) is 28.7 Å². The third-order valence-corrected chi connectivity index (χ3v) is 4.72. The van der Waals surface area contributed by atoms with Gasteiger partial charge in [-0.05, 0) is 45.1 Å². The smallest absolute Gasteiger partial charge is 0.285 e. The van der Waals surface area contributed by atoms with Crippen LogP contribution in [0.3, 0.4) is 0 Å². The van der Waals surface area contributed by atoms with E-state index in [9.17, 15) is 28.0 Å². The number of ketones is 1. The maximum absolute atomic E-state index is 13.8. The lowest BCUT2D eigenvalue weighted by molar-refractivity contribution is 0.0790. The molecule has 1 aliphatic heterocycles. The molecule has 1 aromatic heterocycles. The lowest BCUT2D eigenvalue weighted by atomic mass is 9.91. The van der Waals surface area contributed by atoms with Crippen molar-refractivity contribution in [1.82, 2.24) is 9.63 Å². The summed E-state index contributed by atoms with van der Waals surface area (Å²) in [6, 6.07) is 4.71. The molecule has 6 nitrogen and oxygen atoms in total. The fraction of sp³-hybridized carbons (Fsp3) is 0.316. The van der Waals surface area contributed by atoms with Crippen molar-refractivity contribution >= 4 is 11.7 Å². The average Bonchev–Trinajstić information content (AvgIpc) is 2.62. The molecule has 1 aliphatic rings. The fourth-order valence-electron chi connectivity index (χ4n) is 3.15. The number of hydrogen-bond acceptors (Lipinski definition) is 4. The molecule has 0 atom stereocenters. The summed E-state index contributed by atoms with van der Waals surface area (Å²) < 4.78 is 40.9. The molecule has 9 heteroatoms. The predicted octanol–water partition coefficient (Wildman–Crippen LogP) is 2.41. The van der Waals surface area contributed by atoms with Crippen molar-refractivity contribution in [3.63, 3.8) is 0 Å².